The van der Waals surface area contributed by atoms with E-state index in [0.29, 0.717) is 36.2 Å². The van der Waals surface area contributed by atoms with Gasteiger partial charge in [0, 0.05) is 30.4 Å². The van der Waals surface area contributed by atoms with Crippen molar-refractivity contribution >= 4 is 39.2 Å². The first-order chi connectivity index (χ1) is 15.2. The van der Waals surface area contributed by atoms with Crippen molar-refractivity contribution < 1.29 is 14.1 Å². The highest BCUT2D eigenvalue weighted by Crippen LogP contribution is 2.31. The second kappa shape index (κ2) is 9.17. The topological polar surface area (TPSA) is 90.1 Å². The van der Waals surface area contributed by atoms with Crippen molar-refractivity contribution in [1.82, 2.24) is 20.4 Å². The second-order valence-corrected chi connectivity index (χ2v) is 9.44. The van der Waals surface area contributed by atoms with Gasteiger partial charge in [0.25, 0.3) is 11.8 Å². The van der Waals surface area contributed by atoms with E-state index in [1.54, 1.807) is 35.2 Å². The van der Waals surface area contributed by atoms with E-state index < -0.39 is 0 Å². The van der Waals surface area contributed by atoms with Gasteiger partial charge in [-0.25, -0.2) is 4.98 Å². The van der Waals surface area contributed by atoms with Crippen molar-refractivity contribution in [2.45, 2.75) is 29.0 Å². The molecule has 1 aliphatic rings. The van der Waals surface area contributed by atoms with Crippen LogP contribution in [0.2, 0.25) is 0 Å². The first-order valence-corrected chi connectivity index (χ1v) is 11.8. The number of carbonyl (C=O) groups excluding carboxylic acids is 1. The van der Waals surface area contributed by atoms with Gasteiger partial charge in [0.2, 0.25) is 0 Å². The lowest BCUT2D eigenvalue weighted by atomic mass is 10.1. The minimum atomic E-state index is -0.0723. The number of para-hydroxylation sites is 1. The molecule has 0 saturated carbocycles. The van der Waals surface area contributed by atoms with Gasteiger partial charge in [0.15, 0.2) is 10.2 Å². The van der Waals surface area contributed by atoms with Crippen LogP contribution in [0.3, 0.4) is 0 Å². The standard InChI is InChI=1S/C22H20N4O3S2/c27-20(23-16-9-11-28-12-10-16)14-5-7-15(8-6-14)21-25-19(26-29-21)13-30-22-24-17-3-1-2-4-18(17)31-22/h1-8,16H,9-13H2,(H,23,27). The molecule has 1 fully saturated rings. The number of benzene rings is 2. The smallest absolute Gasteiger partial charge is 0.257 e. The maximum Gasteiger partial charge on any atom is 0.257 e. The van der Waals surface area contributed by atoms with E-state index in [4.69, 9.17) is 9.26 Å². The van der Waals surface area contributed by atoms with E-state index in [1.807, 2.05) is 30.3 Å². The number of fused-ring (bicyclic) bond motifs is 1. The average molecular weight is 453 g/mol. The summed E-state index contributed by atoms with van der Waals surface area (Å²) in [5.74, 6) is 1.56. The third-order valence-corrected chi connectivity index (χ3v) is 7.19. The molecule has 0 unspecified atom stereocenters. The number of rotatable bonds is 6. The Hall–Kier alpha value is -2.75. The van der Waals surface area contributed by atoms with Gasteiger partial charge >= 0.3 is 0 Å². The Balaban J connectivity index is 1.20. The summed E-state index contributed by atoms with van der Waals surface area (Å²) in [6.45, 7) is 1.39. The third-order valence-electron chi connectivity index (χ3n) is 5.02. The van der Waals surface area contributed by atoms with E-state index in [0.717, 1.165) is 28.3 Å². The molecule has 31 heavy (non-hydrogen) atoms. The van der Waals surface area contributed by atoms with Crippen LogP contribution in [0.4, 0.5) is 0 Å². The predicted molar refractivity (Wildman–Crippen MR) is 120 cm³/mol. The normalized spacial score (nSPS) is 14.7. The van der Waals surface area contributed by atoms with Gasteiger partial charge < -0.3 is 14.6 Å². The Bertz CT molecular complexity index is 1150. The lowest BCUT2D eigenvalue weighted by Crippen LogP contribution is -2.38. The van der Waals surface area contributed by atoms with E-state index >= 15 is 0 Å². The fourth-order valence-corrected chi connectivity index (χ4v) is 5.26. The Morgan fingerprint density at radius 2 is 1.90 bits per heavy atom. The summed E-state index contributed by atoms with van der Waals surface area (Å²) >= 11 is 3.25. The van der Waals surface area contributed by atoms with Crippen LogP contribution < -0.4 is 5.32 Å². The lowest BCUT2D eigenvalue weighted by Gasteiger charge is -2.23. The summed E-state index contributed by atoms with van der Waals surface area (Å²) < 4.78 is 12.9. The molecule has 1 N–H and O–H groups in total. The van der Waals surface area contributed by atoms with Crippen molar-refractivity contribution in [1.29, 1.82) is 0 Å². The highest BCUT2D eigenvalue weighted by Gasteiger charge is 2.17. The van der Waals surface area contributed by atoms with Crippen molar-refractivity contribution in [3.05, 3.63) is 59.9 Å². The fourth-order valence-electron chi connectivity index (χ4n) is 3.34. The van der Waals surface area contributed by atoms with E-state index in [1.165, 1.54) is 4.70 Å². The van der Waals surface area contributed by atoms with Crippen LogP contribution in [0.15, 0.2) is 57.4 Å². The zero-order valence-electron chi connectivity index (χ0n) is 16.6. The summed E-state index contributed by atoms with van der Waals surface area (Å²) in [6.07, 6.45) is 1.70. The summed E-state index contributed by atoms with van der Waals surface area (Å²) in [5, 5.41) is 7.14. The quantitative estimate of drug-likeness (QED) is 0.429. The molecule has 1 aliphatic heterocycles. The second-order valence-electron chi connectivity index (χ2n) is 7.19. The number of nitrogens with one attached hydrogen (secondary N) is 1. The van der Waals surface area contributed by atoms with Crippen LogP contribution in [0.5, 0.6) is 0 Å². The Labute approximate surface area is 187 Å². The van der Waals surface area contributed by atoms with Crippen LogP contribution in [0, 0.1) is 0 Å². The Morgan fingerprint density at radius 1 is 1.10 bits per heavy atom. The minimum Gasteiger partial charge on any atom is -0.381 e. The van der Waals surface area contributed by atoms with Gasteiger partial charge in [0.05, 0.1) is 16.0 Å². The maximum absolute atomic E-state index is 12.4. The molecular weight excluding hydrogens is 432 g/mol. The lowest BCUT2D eigenvalue weighted by molar-refractivity contribution is 0.0696. The molecule has 0 radical (unpaired) electrons. The molecule has 3 heterocycles. The van der Waals surface area contributed by atoms with E-state index in [2.05, 4.69) is 26.5 Å². The number of hydrogen-bond donors (Lipinski definition) is 1. The molecule has 5 rings (SSSR count). The molecule has 2 aromatic carbocycles. The maximum atomic E-state index is 12.4. The summed E-state index contributed by atoms with van der Waals surface area (Å²) in [6, 6.07) is 15.5. The number of nitrogens with zero attached hydrogens (tertiary/aromatic N) is 3. The van der Waals surface area contributed by atoms with Crippen molar-refractivity contribution in [2.75, 3.05) is 13.2 Å². The molecule has 9 heteroatoms. The molecule has 0 bridgehead atoms. The first-order valence-electron chi connectivity index (χ1n) is 10.0. The molecule has 2 aromatic heterocycles. The molecule has 4 aromatic rings. The fraction of sp³-hybridized carbons (Fsp3) is 0.273. The van der Waals surface area contributed by atoms with E-state index in [9.17, 15) is 4.79 Å². The zero-order valence-corrected chi connectivity index (χ0v) is 18.2. The summed E-state index contributed by atoms with van der Waals surface area (Å²) in [4.78, 5) is 21.5. The van der Waals surface area contributed by atoms with Crippen molar-refractivity contribution in [3.8, 4) is 11.5 Å². The Morgan fingerprint density at radius 3 is 2.71 bits per heavy atom. The molecular formula is C22H20N4O3S2. The average Bonchev–Trinajstić information content (AvgIpc) is 3.45. The van der Waals surface area contributed by atoms with Gasteiger partial charge in [-0.2, -0.15) is 4.98 Å². The summed E-state index contributed by atoms with van der Waals surface area (Å²) in [7, 11) is 0. The molecule has 1 saturated heterocycles. The van der Waals surface area contributed by atoms with Gasteiger partial charge in [-0.3, -0.25) is 4.79 Å². The largest absolute Gasteiger partial charge is 0.381 e. The number of thiazole rings is 1. The number of hydrogen-bond acceptors (Lipinski definition) is 8. The van der Waals surface area contributed by atoms with Crippen LogP contribution in [0.25, 0.3) is 21.7 Å². The molecule has 7 nitrogen and oxygen atoms in total. The molecule has 0 atom stereocenters. The van der Waals surface area contributed by atoms with Crippen LogP contribution in [0.1, 0.15) is 29.0 Å². The van der Waals surface area contributed by atoms with Gasteiger partial charge in [-0.15, -0.1) is 11.3 Å². The molecule has 158 valence electrons. The monoisotopic (exact) mass is 452 g/mol. The van der Waals surface area contributed by atoms with Gasteiger partial charge in [0.1, 0.15) is 0 Å². The molecule has 1 amide bonds. The highest BCUT2D eigenvalue weighted by atomic mass is 32.2. The number of aromatic nitrogens is 3. The van der Waals surface area contributed by atoms with Crippen LogP contribution >= 0.6 is 23.1 Å². The van der Waals surface area contributed by atoms with Crippen molar-refractivity contribution in [3.63, 3.8) is 0 Å². The van der Waals surface area contributed by atoms with Gasteiger partial charge in [-0.05, 0) is 49.2 Å². The van der Waals surface area contributed by atoms with E-state index in [-0.39, 0.29) is 11.9 Å². The van der Waals surface area contributed by atoms with Gasteiger partial charge in [-0.1, -0.05) is 29.1 Å². The third kappa shape index (κ3) is 4.79. The van der Waals surface area contributed by atoms with Crippen molar-refractivity contribution in [2.24, 2.45) is 0 Å². The number of amides is 1. The number of carbonyl (C=O) groups is 1. The number of thioether (sulfide) groups is 1. The zero-order chi connectivity index (χ0) is 21.0. The highest BCUT2D eigenvalue weighted by molar-refractivity contribution is 8.00. The first kappa shape index (κ1) is 20.2. The van der Waals surface area contributed by atoms with Crippen LogP contribution in [-0.4, -0.2) is 40.3 Å². The summed E-state index contributed by atoms with van der Waals surface area (Å²) in [5.41, 5.74) is 2.40. The minimum absolute atomic E-state index is 0.0723. The molecule has 0 spiro atoms. The number of ether oxygens (including phenoxy) is 1. The predicted octanol–water partition coefficient (Wildman–Crippen LogP) is 4.55. The Kier molecular flexibility index (Phi) is 5.97. The SMILES string of the molecule is O=C(NC1CCOCC1)c1ccc(-c2nc(CSc3nc4ccccc4s3)no2)cc1. The van der Waals surface area contributed by atoms with Crippen LogP contribution in [-0.2, 0) is 10.5 Å². The molecule has 0 aliphatic carbocycles.